The van der Waals surface area contributed by atoms with Gasteiger partial charge in [0, 0.05) is 4.90 Å². The van der Waals surface area contributed by atoms with Crippen molar-refractivity contribution < 1.29 is 18.8 Å². The van der Waals surface area contributed by atoms with Crippen LogP contribution in [0.4, 0.5) is 0 Å². The third-order valence-electron chi connectivity index (χ3n) is 3.54. The normalized spacial score (nSPS) is 13.7. The van der Waals surface area contributed by atoms with Crippen LogP contribution in [0.5, 0.6) is 5.75 Å². The van der Waals surface area contributed by atoms with Crippen molar-refractivity contribution >= 4 is 10.8 Å². The predicted octanol–water partition coefficient (Wildman–Crippen LogP) is 3.33. The zero-order chi connectivity index (χ0) is 17.9. The smallest absolute Gasteiger partial charge is 0.118 e. The van der Waals surface area contributed by atoms with Gasteiger partial charge >= 0.3 is 0 Å². The van der Waals surface area contributed by atoms with Gasteiger partial charge in [-0.2, -0.15) is 0 Å². The van der Waals surface area contributed by atoms with E-state index in [2.05, 4.69) is 0 Å². The van der Waals surface area contributed by atoms with Crippen molar-refractivity contribution in [1.82, 2.24) is 0 Å². The van der Waals surface area contributed by atoms with Crippen LogP contribution in [-0.2, 0) is 22.1 Å². The molecule has 0 aliphatic heterocycles. The summed E-state index contributed by atoms with van der Waals surface area (Å²) in [6.45, 7) is 1.11. The standard InChI is InChI=1S/C20H24O4S/c1-23-19-12-10-17(11-13-19)15-24-14-6-5-7-18(21)16-25(22)20-8-3-2-4-9-20/h2-5,7-13,18,21H,6,14-16H2,1H3/b7-5+/t18-,25?/m1/s1. The molecule has 1 unspecified atom stereocenters. The molecule has 25 heavy (non-hydrogen) atoms. The second-order valence-electron chi connectivity index (χ2n) is 5.51. The maximum atomic E-state index is 12.1. The van der Waals surface area contributed by atoms with Crippen LogP contribution in [0, 0.1) is 0 Å². The summed E-state index contributed by atoms with van der Waals surface area (Å²) >= 11 is 0. The SMILES string of the molecule is COc1ccc(COCC/C=C/[C@@H](O)CS(=O)c2ccccc2)cc1. The molecule has 2 rings (SSSR count). The Bertz CT molecular complexity index is 668. The van der Waals surface area contributed by atoms with Crippen LogP contribution in [0.1, 0.15) is 12.0 Å². The number of benzene rings is 2. The quantitative estimate of drug-likeness (QED) is 0.522. The van der Waals surface area contributed by atoms with E-state index in [1.54, 1.807) is 25.3 Å². The zero-order valence-electron chi connectivity index (χ0n) is 14.3. The first-order chi connectivity index (χ1) is 12.2. The van der Waals surface area contributed by atoms with Gasteiger partial charge in [-0.3, -0.25) is 4.21 Å². The number of ether oxygens (including phenoxy) is 2. The van der Waals surface area contributed by atoms with E-state index in [1.807, 2.05) is 48.5 Å². The number of rotatable bonds is 10. The van der Waals surface area contributed by atoms with Gasteiger partial charge in [-0.05, 0) is 36.2 Å². The summed E-state index contributed by atoms with van der Waals surface area (Å²) in [5, 5.41) is 9.93. The molecule has 4 nitrogen and oxygen atoms in total. The molecule has 0 spiro atoms. The van der Waals surface area contributed by atoms with Crippen molar-refractivity contribution in [3.8, 4) is 5.75 Å². The highest BCUT2D eigenvalue weighted by Gasteiger charge is 2.08. The molecule has 0 amide bonds. The molecule has 2 atom stereocenters. The third kappa shape index (κ3) is 7.22. The van der Waals surface area contributed by atoms with E-state index in [4.69, 9.17) is 9.47 Å². The Morgan fingerprint density at radius 1 is 1.12 bits per heavy atom. The molecular formula is C20H24O4S. The molecule has 0 radical (unpaired) electrons. The average Bonchev–Trinajstić information content (AvgIpc) is 2.65. The average molecular weight is 360 g/mol. The lowest BCUT2D eigenvalue weighted by Gasteiger charge is -2.06. The van der Waals surface area contributed by atoms with Crippen molar-refractivity contribution in [2.75, 3.05) is 19.5 Å². The summed E-state index contributed by atoms with van der Waals surface area (Å²) in [7, 11) is 0.448. The Morgan fingerprint density at radius 3 is 2.52 bits per heavy atom. The van der Waals surface area contributed by atoms with E-state index >= 15 is 0 Å². The lowest BCUT2D eigenvalue weighted by Crippen LogP contribution is -2.14. The number of methoxy groups -OCH3 is 1. The van der Waals surface area contributed by atoms with Gasteiger partial charge in [0.05, 0.1) is 43.0 Å². The Labute approximate surface area is 151 Å². The lowest BCUT2D eigenvalue weighted by atomic mass is 10.2. The number of aliphatic hydroxyl groups is 1. The van der Waals surface area contributed by atoms with Crippen LogP contribution in [-0.4, -0.2) is 34.9 Å². The highest BCUT2D eigenvalue weighted by molar-refractivity contribution is 7.85. The lowest BCUT2D eigenvalue weighted by molar-refractivity contribution is 0.125. The van der Waals surface area contributed by atoms with Gasteiger partial charge in [-0.1, -0.05) is 42.5 Å². The van der Waals surface area contributed by atoms with E-state index in [-0.39, 0.29) is 5.75 Å². The highest BCUT2D eigenvalue weighted by atomic mass is 32.2. The van der Waals surface area contributed by atoms with E-state index in [0.29, 0.717) is 19.6 Å². The molecule has 0 saturated carbocycles. The molecule has 0 aliphatic rings. The first kappa shape index (κ1) is 19.4. The van der Waals surface area contributed by atoms with Gasteiger partial charge in [-0.15, -0.1) is 0 Å². The van der Waals surface area contributed by atoms with Crippen molar-refractivity contribution in [2.24, 2.45) is 0 Å². The molecule has 0 aromatic heterocycles. The number of hydrogen-bond acceptors (Lipinski definition) is 4. The van der Waals surface area contributed by atoms with Gasteiger partial charge in [0.15, 0.2) is 0 Å². The summed E-state index contributed by atoms with van der Waals surface area (Å²) in [4.78, 5) is 0.734. The maximum Gasteiger partial charge on any atom is 0.118 e. The zero-order valence-corrected chi connectivity index (χ0v) is 15.2. The summed E-state index contributed by atoms with van der Waals surface area (Å²) < 4.78 is 22.8. The Morgan fingerprint density at radius 2 is 1.84 bits per heavy atom. The minimum atomic E-state index is -1.19. The fraction of sp³-hybridized carbons (Fsp3) is 0.300. The molecule has 5 heteroatoms. The van der Waals surface area contributed by atoms with Crippen molar-refractivity contribution in [1.29, 1.82) is 0 Å². The van der Waals surface area contributed by atoms with Crippen molar-refractivity contribution in [3.63, 3.8) is 0 Å². The molecule has 0 heterocycles. The molecule has 0 fully saturated rings. The van der Waals surface area contributed by atoms with Gasteiger partial charge in [0.1, 0.15) is 5.75 Å². The minimum absolute atomic E-state index is 0.202. The Hall–Kier alpha value is -1.95. The predicted molar refractivity (Wildman–Crippen MR) is 100 cm³/mol. The maximum absolute atomic E-state index is 12.1. The first-order valence-electron chi connectivity index (χ1n) is 8.18. The summed E-state index contributed by atoms with van der Waals surface area (Å²) in [6, 6.07) is 16.9. The van der Waals surface area contributed by atoms with Crippen molar-refractivity contribution in [3.05, 3.63) is 72.3 Å². The monoisotopic (exact) mass is 360 g/mol. The van der Waals surface area contributed by atoms with Crippen LogP contribution in [0.3, 0.4) is 0 Å². The van der Waals surface area contributed by atoms with E-state index in [1.165, 1.54) is 0 Å². The minimum Gasteiger partial charge on any atom is -0.497 e. The van der Waals surface area contributed by atoms with Crippen LogP contribution < -0.4 is 4.74 Å². The van der Waals surface area contributed by atoms with Gasteiger partial charge in [-0.25, -0.2) is 0 Å². The molecule has 2 aromatic carbocycles. The van der Waals surface area contributed by atoms with Crippen LogP contribution in [0.2, 0.25) is 0 Å². The Balaban J connectivity index is 1.62. The van der Waals surface area contributed by atoms with E-state index in [0.717, 1.165) is 16.2 Å². The second kappa shape index (κ2) is 10.8. The van der Waals surface area contributed by atoms with Gasteiger partial charge in [0.2, 0.25) is 0 Å². The summed E-state index contributed by atoms with van der Waals surface area (Å²) in [5.41, 5.74) is 1.09. The molecule has 134 valence electrons. The van der Waals surface area contributed by atoms with Gasteiger partial charge in [0.25, 0.3) is 0 Å². The summed E-state index contributed by atoms with van der Waals surface area (Å²) in [6.07, 6.45) is 3.52. The fourth-order valence-electron chi connectivity index (χ4n) is 2.20. The van der Waals surface area contributed by atoms with Crippen LogP contribution >= 0.6 is 0 Å². The molecule has 2 aromatic rings. The Kier molecular flexibility index (Phi) is 8.39. The van der Waals surface area contributed by atoms with Crippen LogP contribution in [0.25, 0.3) is 0 Å². The topological polar surface area (TPSA) is 55.8 Å². The summed E-state index contributed by atoms with van der Waals surface area (Å²) in [5.74, 6) is 1.03. The largest absolute Gasteiger partial charge is 0.497 e. The highest BCUT2D eigenvalue weighted by Crippen LogP contribution is 2.12. The number of aliphatic hydroxyl groups excluding tert-OH is 1. The van der Waals surface area contributed by atoms with Crippen LogP contribution in [0.15, 0.2) is 71.6 Å². The fourth-order valence-corrected chi connectivity index (χ4v) is 3.27. The number of hydrogen-bond donors (Lipinski definition) is 1. The third-order valence-corrected chi connectivity index (χ3v) is 4.99. The second-order valence-corrected chi connectivity index (χ2v) is 7.01. The van der Waals surface area contributed by atoms with Gasteiger partial charge < -0.3 is 14.6 Å². The first-order valence-corrected chi connectivity index (χ1v) is 9.50. The molecule has 0 bridgehead atoms. The molecule has 0 aliphatic carbocycles. The molecular weight excluding hydrogens is 336 g/mol. The van der Waals surface area contributed by atoms with E-state index < -0.39 is 16.9 Å². The van der Waals surface area contributed by atoms with E-state index in [9.17, 15) is 9.32 Å². The van der Waals surface area contributed by atoms with Crippen molar-refractivity contribution in [2.45, 2.75) is 24.0 Å². The molecule has 0 saturated heterocycles. The molecule has 1 N–H and O–H groups in total.